The Morgan fingerprint density at radius 1 is 0.833 bits per heavy atom. The molecule has 0 bridgehead atoms. The number of ether oxygens (including phenoxy) is 2. The number of hydrogen-bond donors (Lipinski definition) is 0. The molecule has 1 rings (SSSR count). The smallest absolute Gasteiger partial charge is 0.0593 e. The maximum atomic E-state index is 8.20. The summed E-state index contributed by atoms with van der Waals surface area (Å²) in [4.78, 5) is 7.60. The van der Waals surface area contributed by atoms with Crippen molar-refractivity contribution in [3.8, 4) is 0 Å². The Kier molecular flexibility index (Phi) is 11.8. The van der Waals surface area contributed by atoms with Crippen LogP contribution in [0.15, 0.2) is 40.6 Å². The van der Waals surface area contributed by atoms with E-state index in [1.54, 1.807) is 0 Å². The molecule has 9 nitrogen and oxygen atoms in total. The fraction of sp³-hybridized carbons (Fsp3) is 0.600. The van der Waals surface area contributed by atoms with Crippen LogP contribution < -0.4 is 0 Å². The quantitative estimate of drug-likeness (QED) is 0.225. The van der Waals surface area contributed by atoms with Gasteiger partial charge in [-0.05, 0) is 16.6 Å². The van der Waals surface area contributed by atoms with Crippen molar-refractivity contribution in [3.63, 3.8) is 0 Å². The minimum atomic E-state index is 0.345. The summed E-state index contributed by atoms with van der Waals surface area (Å²) in [6.07, 6.45) is 0. The number of hydrogen-bond acceptors (Lipinski definition) is 5. The largest absolute Gasteiger partial charge is 0.380 e. The predicted octanol–water partition coefficient (Wildman–Crippen LogP) is 3.14. The number of benzene rings is 1. The van der Waals surface area contributed by atoms with Crippen LogP contribution in [-0.4, -0.2) is 57.5 Å². The Labute approximate surface area is 141 Å². The summed E-state index contributed by atoms with van der Waals surface area (Å²) < 4.78 is 10.9. The molecule has 0 fully saturated rings. The molecule has 130 valence electrons. The molecule has 24 heavy (non-hydrogen) atoms. The summed E-state index contributed by atoms with van der Waals surface area (Å²) in [5, 5.41) is 6.86. The topological polar surface area (TPSA) is 119 Å². The molecule has 0 unspecified atom stereocenters. The van der Waals surface area contributed by atoms with Crippen LogP contribution in [0.5, 0.6) is 0 Å². The normalized spacial score (nSPS) is 10.2. The third-order valence-corrected chi connectivity index (χ3v) is 3.15. The van der Waals surface area contributed by atoms with Crippen LogP contribution in [0.3, 0.4) is 0 Å². The van der Waals surface area contributed by atoms with E-state index in [0.717, 1.165) is 19.6 Å². The van der Waals surface area contributed by atoms with E-state index in [4.69, 9.17) is 20.5 Å². The molecule has 0 N–H and O–H groups in total. The Morgan fingerprint density at radius 3 is 1.88 bits per heavy atom. The molecule has 0 atom stereocenters. The average molecular weight is 333 g/mol. The van der Waals surface area contributed by atoms with E-state index in [2.05, 4.69) is 37.1 Å². The molecule has 0 amide bonds. The van der Waals surface area contributed by atoms with Crippen molar-refractivity contribution < 1.29 is 9.47 Å². The third kappa shape index (κ3) is 10.4. The highest BCUT2D eigenvalue weighted by Crippen LogP contribution is 2.04. The lowest BCUT2D eigenvalue weighted by atomic mass is 10.2. The van der Waals surface area contributed by atoms with Gasteiger partial charge in [0.25, 0.3) is 0 Å². The monoisotopic (exact) mass is 333 g/mol. The third-order valence-electron chi connectivity index (χ3n) is 3.15. The molecule has 0 aliphatic rings. The number of azide groups is 2. The molecule has 1 aromatic carbocycles. The molecule has 0 spiro atoms. The predicted molar refractivity (Wildman–Crippen MR) is 91.4 cm³/mol. The van der Waals surface area contributed by atoms with Gasteiger partial charge in [-0.25, -0.2) is 0 Å². The summed E-state index contributed by atoms with van der Waals surface area (Å²) in [6, 6.07) is 10.2. The highest BCUT2D eigenvalue weighted by atomic mass is 16.5. The van der Waals surface area contributed by atoms with Gasteiger partial charge in [0.2, 0.25) is 0 Å². The van der Waals surface area contributed by atoms with Crippen molar-refractivity contribution in [2.75, 3.05) is 52.6 Å². The van der Waals surface area contributed by atoms with Gasteiger partial charge in [-0.1, -0.05) is 40.6 Å². The Morgan fingerprint density at radius 2 is 1.38 bits per heavy atom. The summed E-state index contributed by atoms with van der Waals surface area (Å²) >= 11 is 0. The molecular formula is C15H23N7O2. The molecule has 0 heterocycles. The van der Waals surface area contributed by atoms with E-state index >= 15 is 0 Å². The molecule has 0 aliphatic carbocycles. The fourth-order valence-electron chi connectivity index (χ4n) is 2.00. The van der Waals surface area contributed by atoms with Crippen molar-refractivity contribution >= 4 is 0 Å². The Bertz CT molecular complexity index is 500. The van der Waals surface area contributed by atoms with Gasteiger partial charge in [0.05, 0.1) is 26.4 Å². The van der Waals surface area contributed by atoms with E-state index in [9.17, 15) is 0 Å². The van der Waals surface area contributed by atoms with E-state index in [1.807, 2.05) is 18.2 Å². The zero-order valence-corrected chi connectivity index (χ0v) is 13.7. The maximum Gasteiger partial charge on any atom is 0.0593 e. The van der Waals surface area contributed by atoms with Crippen molar-refractivity contribution in [2.24, 2.45) is 10.2 Å². The first-order valence-corrected chi connectivity index (χ1v) is 7.80. The van der Waals surface area contributed by atoms with E-state index in [0.29, 0.717) is 39.5 Å². The van der Waals surface area contributed by atoms with Crippen molar-refractivity contribution in [1.82, 2.24) is 4.90 Å². The van der Waals surface area contributed by atoms with Crippen molar-refractivity contribution in [3.05, 3.63) is 56.8 Å². The van der Waals surface area contributed by atoms with Crippen LogP contribution in [0.4, 0.5) is 0 Å². The van der Waals surface area contributed by atoms with Crippen LogP contribution in [-0.2, 0) is 16.0 Å². The van der Waals surface area contributed by atoms with E-state index in [1.165, 1.54) is 5.56 Å². The first-order valence-electron chi connectivity index (χ1n) is 7.80. The first-order chi connectivity index (χ1) is 11.9. The minimum absolute atomic E-state index is 0.345. The van der Waals surface area contributed by atoms with Gasteiger partial charge in [-0.2, -0.15) is 0 Å². The van der Waals surface area contributed by atoms with E-state index < -0.39 is 0 Å². The lowest BCUT2D eigenvalue weighted by molar-refractivity contribution is 0.0763. The number of nitrogens with zero attached hydrogens (tertiary/aromatic N) is 7. The zero-order chi connectivity index (χ0) is 17.3. The molecule has 9 heteroatoms. The lowest BCUT2D eigenvalue weighted by Crippen LogP contribution is -2.31. The maximum absolute atomic E-state index is 8.20. The summed E-state index contributed by atoms with van der Waals surface area (Å²) in [7, 11) is 0. The Balaban J connectivity index is 2.31. The van der Waals surface area contributed by atoms with Gasteiger partial charge in [-0.15, -0.1) is 0 Å². The fourth-order valence-corrected chi connectivity index (χ4v) is 2.00. The second kappa shape index (κ2) is 14.3. The second-order valence-corrected chi connectivity index (χ2v) is 4.90. The van der Waals surface area contributed by atoms with Gasteiger partial charge in [-0.3, -0.25) is 4.90 Å². The molecule has 0 saturated carbocycles. The highest BCUT2D eigenvalue weighted by molar-refractivity contribution is 5.14. The van der Waals surface area contributed by atoms with Crippen LogP contribution >= 0.6 is 0 Å². The summed E-state index contributed by atoms with van der Waals surface area (Å²) in [5.41, 5.74) is 17.6. The van der Waals surface area contributed by atoms with Gasteiger partial charge in [0.1, 0.15) is 0 Å². The molecule has 0 saturated heterocycles. The highest BCUT2D eigenvalue weighted by Gasteiger charge is 2.06. The lowest BCUT2D eigenvalue weighted by Gasteiger charge is -2.22. The molecule has 0 aromatic heterocycles. The standard InChI is InChI=1S/C15H23N7O2/c16-20-18-6-10-23-12-8-22(9-13-24-11-7-19-21-17)14-15-4-2-1-3-5-15/h1-5H,6-14H2. The van der Waals surface area contributed by atoms with Crippen LogP contribution in [0, 0.1) is 0 Å². The van der Waals surface area contributed by atoms with Crippen LogP contribution in [0.25, 0.3) is 20.9 Å². The second-order valence-electron chi connectivity index (χ2n) is 4.90. The molecular weight excluding hydrogens is 310 g/mol. The Hall–Kier alpha value is -2.28. The first kappa shape index (κ1) is 19.8. The molecule has 0 radical (unpaired) electrons. The van der Waals surface area contributed by atoms with Crippen molar-refractivity contribution in [1.29, 1.82) is 0 Å². The summed E-state index contributed by atoms with van der Waals surface area (Å²) in [5.74, 6) is 0. The SMILES string of the molecule is [N-]=[N+]=NCCOCCN(CCOCCN=[N+]=[N-])Cc1ccccc1. The van der Waals surface area contributed by atoms with Crippen LogP contribution in [0.1, 0.15) is 5.56 Å². The van der Waals surface area contributed by atoms with E-state index in [-0.39, 0.29) is 0 Å². The molecule has 0 aliphatic heterocycles. The average Bonchev–Trinajstić information content (AvgIpc) is 2.61. The zero-order valence-electron chi connectivity index (χ0n) is 13.7. The minimum Gasteiger partial charge on any atom is -0.380 e. The van der Waals surface area contributed by atoms with Gasteiger partial charge in [0, 0.05) is 42.5 Å². The van der Waals surface area contributed by atoms with Crippen LogP contribution in [0.2, 0.25) is 0 Å². The number of rotatable bonds is 14. The van der Waals surface area contributed by atoms with Crippen molar-refractivity contribution in [2.45, 2.75) is 6.54 Å². The van der Waals surface area contributed by atoms with Gasteiger partial charge < -0.3 is 9.47 Å². The molecule has 1 aromatic rings. The van der Waals surface area contributed by atoms with Gasteiger partial charge >= 0.3 is 0 Å². The summed E-state index contributed by atoms with van der Waals surface area (Å²) in [6.45, 7) is 4.97. The van der Waals surface area contributed by atoms with Gasteiger partial charge in [0.15, 0.2) is 0 Å².